The lowest BCUT2D eigenvalue weighted by Gasteiger charge is -2.13. The maximum atomic E-state index is 5.92. The van der Waals surface area contributed by atoms with Gasteiger partial charge in [-0.05, 0) is 35.2 Å². The first-order chi connectivity index (χ1) is 9.78. The van der Waals surface area contributed by atoms with Gasteiger partial charge in [-0.25, -0.2) is 0 Å². The lowest BCUT2D eigenvalue weighted by molar-refractivity contribution is 0.283. The number of halogens is 1. The van der Waals surface area contributed by atoms with E-state index in [1.54, 1.807) is 7.11 Å². The van der Waals surface area contributed by atoms with Gasteiger partial charge in [0, 0.05) is 5.33 Å². The van der Waals surface area contributed by atoms with E-state index in [-0.39, 0.29) is 0 Å². The molecule has 0 saturated heterocycles. The number of ether oxygens (including phenoxy) is 2. The Kier molecular flexibility index (Phi) is 5.48. The Bertz CT molecular complexity index is 567. The van der Waals surface area contributed by atoms with Crippen LogP contribution < -0.4 is 9.47 Å². The summed E-state index contributed by atoms with van der Waals surface area (Å²) in [6, 6.07) is 14.4. The summed E-state index contributed by atoms with van der Waals surface area (Å²) in [5.41, 5.74) is 3.72. The van der Waals surface area contributed by atoms with Gasteiger partial charge >= 0.3 is 0 Å². The average Bonchev–Trinajstić information content (AvgIpc) is 2.52. The summed E-state index contributed by atoms with van der Waals surface area (Å²) in [7, 11) is 1.67. The fourth-order valence-electron chi connectivity index (χ4n) is 2.11. The molecule has 0 unspecified atom stereocenters. The maximum Gasteiger partial charge on any atom is 0.161 e. The van der Waals surface area contributed by atoms with E-state index in [2.05, 4.69) is 41.1 Å². The first-order valence-corrected chi connectivity index (χ1v) is 7.83. The maximum absolute atomic E-state index is 5.92. The SMILES string of the molecule is CCc1ccccc1COc1ccc(CBr)cc1OC. The van der Waals surface area contributed by atoms with E-state index in [0.29, 0.717) is 6.61 Å². The first-order valence-electron chi connectivity index (χ1n) is 6.71. The van der Waals surface area contributed by atoms with E-state index in [1.165, 1.54) is 16.7 Å². The highest BCUT2D eigenvalue weighted by Gasteiger charge is 2.07. The zero-order valence-electron chi connectivity index (χ0n) is 11.9. The average molecular weight is 335 g/mol. The molecule has 0 bridgehead atoms. The van der Waals surface area contributed by atoms with E-state index < -0.39 is 0 Å². The third kappa shape index (κ3) is 3.54. The Morgan fingerprint density at radius 1 is 1.00 bits per heavy atom. The largest absolute Gasteiger partial charge is 0.493 e. The monoisotopic (exact) mass is 334 g/mol. The van der Waals surface area contributed by atoms with Crippen molar-refractivity contribution in [3.05, 3.63) is 59.2 Å². The number of rotatable bonds is 6. The molecular formula is C17H19BrO2. The minimum atomic E-state index is 0.564. The molecule has 0 aliphatic heterocycles. The number of benzene rings is 2. The summed E-state index contributed by atoms with van der Waals surface area (Å²) in [6.45, 7) is 2.72. The molecule has 0 aliphatic carbocycles. The van der Waals surface area contributed by atoms with Crippen molar-refractivity contribution in [1.29, 1.82) is 0 Å². The first kappa shape index (κ1) is 14.9. The molecule has 106 valence electrons. The number of hydrogen-bond donors (Lipinski definition) is 0. The van der Waals surface area contributed by atoms with Gasteiger partial charge in [0.05, 0.1) is 7.11 Å². The van der Waals surface area contributed by atoms with Gasteiger partial charge in [0.2, 0.25) is 0 Å². The molecule has 3 heteroatoms. The molecule has 0 aromatic heterocycles. The molecular weight excluding hydrogens is 316 g/mol. The van der Waals surface area contributed by atoms with Crippen LogP contribution in [0.15, 0.2) is 42.5 Å². The second kappa shape index (κ2) is 7.34. The molecule has 20 heavy (non-hydrogen) atoms. The Labute approximate surface area is 128 Å². The molecule has 0 radical (unpaired) electrons. The van der Waals surface area contributed by atoms with E-state index in [1.807, 2.05) is 24.3 Å². The van der Waals surface area contributed by atoms with Crippen molar-refractivity contribution in [2.45, 2.75) is 25.3 Å². The van der Waals surface area contributed by atoms with Crippen LogP contribution in [0.4, 0.5) is 0 Å². The van der Waals surface area contributed by atoms with Crippen LogP contribution in [0.25, 0.3) is 0 Å². The quantitative estimate of drug-likeness (QED) is 0.711. The molecule has 0 heterocycles. The third-order valence-corrected chi connectivity index (χ3v) is 3.91. The molecule has 0 saturated carbocycles. The van der Waals surface area contributed by atoms with Gasteiger partial charge in [-0.3, -0.25) is 0 Å². The van der Waals surface area contributed by atoms with Crippen molar-refractivity contribution in [3.63, 3.8) is 0 Å². The fraction of sp³-hybridized carbons (Fsp3) is 0.294. The lowest BCUT2D eigenvalue weighted by atomic mass is 10.1. The van der Waals surface area contributed by atoms with Crippen molar-refractivity contribution in [2.24, 2.45) is 0 Å². The van der Waals surface area contributed by atoms with Gasteiger partial charge in [0.1, 0.15) is 6.61 Å². The molecule has 2 rings (SSSR count). The van der Waals surface area contributed by atoms with Crippen molar-refractivity contribution in [1.82, 2.24) is 0 Å². The summed E-state index contributed by atoms with van der Waals surface area (Å²) in [4.78, 5) is 0. The predicted octanol–water partition coefficient (Wildman–Crippen LogP) is 4.73. The molecule has 0 fully saturated rings. The highest BCUT2D eigenvalue weighted by Crippen LogP contribution is 2.29. The number of aryl methyl sites for hydroxylation is 1. The van der Waals surface area contributed by atoms with Crippen molar-refractivity contribution >= 4 is 15.9 Å². The van der Waals surface area contributed by atoms with Gasteiger partial charge in [-0.15, -0.1) is 0 Å². The zero-order valence-corrected chi connectivity index (χ0v) is 13.4. The number of alkyl halides is 1. The van der Waals surface area contributed by atoms with E-state index in [0.717, 1.165) is 23.2 Å². The highest BCUT2D eigenvalue weighted by atomic mass is 79.9. The van der Waals surface area contributed by atoms with Gasteiger partial charge < -0.3 is 9.47 Å². The minimum absolute atomic E-state index is 0.564. The van der Waals surface area contributed by atoms with Crippen LogP contribution >= 0.6 is 15.9 Å². The third-order valence-electron chi connectivity index (χ3n) is 3.26. The van der Waals surface area contributed by atoms with Crippen molar-refractivity contribution < 1.29 is 9.47 Å². The zero-order chi connectivity index (χ0) is 14.4. The Morgan fingerprint density at radius 3 is 2.40 bits per heavy atom. The topological polar surface area (TPSA) is 18.5 Å². The highest BCUT2D eigenvalue weighted by molar-refractivity contribution is 9.08. The second-order valence-corrected chi connectivity index (χ2v) is 5.09. The lowest BCUT2D eigenvalue weighted by Crippen LogP contribution is -2.01. The van der Waals surface area contributed by atoms with Gasteiger partial charge in [0.25, 0.3) is 0 Å². The molecule has 0 spiro atoms. The molecule has 0 atom stereocenters. The number of hydrogen-bond acceptors (Lipinski definition) is 2. The van der Waals surface area contributed by atoms with Crippen molar-refractivity contribution in [2.75, 3.05) is 7.11 Å². The molecule has 0 aliphatic rings. The van der Waals surface area contributed by atoms with Gasteiger partial charge in [-0.1, -0.05) is 53.2 Å². The molecule has 2 aromatic rings. The van der Waals surface area contributed by atoms with Crippen LogP contribution in [0.1, 0.15) is 23.6 Å². The molecule has 0 amide bonds. The molecule has 2 nitrogen and oxygen atoms in total. The van der Waals surface area contributed by atoms with Crippen LogP contribution in [-0.2, 0) is 18.4 Å². The molecule has 2 aromatic carbocycles. The Morgan fingerprint density at radius 2 is 1.75 bits per heavy atom. The molecule has 0 N–H and O–H groups in total. The van der Waals surface area contributed by atoms with E-state index >= 15 is 0 Å². The summed E-state index contributed by atoms with van der Waals surface area (Å²) in [6.07, 6.45) is 1.01. The summed E-state index contributed by atoms with van der Waals surface area (Å²) < 4.78 is 11.3. The van der Waals surface area contributed by atoms with E-state index in [9.17, 15) is 0 Å². The van der Waals surface area contributed by atoms with E-state index in [4.69, 9.17) is 9.47 Å². The van der Waals surface area contributed by atoms with Gasteiger partial charge in [0.15, 0.2) is 11.5 Å². The standard InChI is InChI=1S/C17H19BrO2/c1-3-14-6-4-5-7-15(14)12-20-16-9-8-13(11-18)10-17(16)19-2/h4-10H,3,11-12H2,1-2H3. The second-order valence-electron chi connectivity index (χ2n) is 4.53. The van der Waals surface area contributed by atoms with Crippen molar-refractivity contribution in [3.8, 4) is 11.5 Å². The summed E-state index contributed by atoms with van der Waals surface area (Å²) >= 11 is 3.44. The normalized spacial score (nSPS) is 10.3. The Hall–Kier alpha value is -1.48. The van der Waals surface area contributed by atoms with Crippen LogP contribution in [0, 0.1) is 0 Å². The number of methoxy groups -OCH3 is 1. The van der Waals surface area contributed by atoms with Crippen LogP contribution in [0.2, 0.25) is 0 Å². The summed E-state index contributed by atoms with van der Waals surface area (Å²) in [5.74, 6) is 1.55. The minimum Gasteiger partial charge on any atom is -0.493 e. The summed E-state index contributed by atoms with van der Waals surface area (Å²) in [5, 5.41) is 0.808. The van der Waals surface area contributed by atoms with Gasteiger partial charge in [-0.2, -0.15) is 0 Å². The van der Waals surface area contributed by atoms with Crippen LogP contribution in [-0.4, -0.2) is 7.11 Å². The fourth-order valence-corrected chi connectivity index (χ4v) is 2.46. The predicted molar refractivity (Wildman–Crippen MR) is 85.8 cm³/mol. The van der Waals surface area contributed by atoms with Crippen LogP contribution in [0.3, 0.4) is 0 Å². The Balaban J connectivity index is 2.14. The smallest absolute Gasteiger partial charge is 0.161 e. The van der Waals surface area contributed by atoms with Crippen LogP contribution in [0.5, 0.6) is 11.5 Å².